The first-order valence-electron chi connectivity index (χ1n) is 22.4. The summed E-state index contributed by atoms with van der Waals surface area (Å²) in [6.45, 7) is 10.8. The number of carbonyl (C=O) groups excluding carboxylic acids is 5. The van der Waals surface area contributed by atoms with Crippen molar-refractivity contribution >= 4 is 29.5 Å². The molecular formula is C49H63N11O8. The summed E-state index contributed by atoms with van der Waals surface area (Å²) < 4.78 is 12.2. The number of nitrogens with zero attached hydrogens (tertiary/aromatic N) is 4. The van der Waals surface area contributed by atoms with Crippen LogP contribution < -0.4 is 47.9 Å². The van der Waals surface area contributed by atoms with E-state index in [9.17, 15) is 34.3 Å². The molecule has 1 aromatic heterocycles. The summed E-state index contributed by atoms with van der Waals surface area (Å²) in [5, 5.41) is 30.3. The lowest BCUT2D eigenvalue weighted by Gasteiger charge is -2.32. The van der Waals surface area contributed by atoms with E-state index in [1.807, 2.05) is 30.3 Å². The van der Waals surface area contributed by atoms with Crippen LogP contribution in [0.3, 0.4) is 0 Å². The number of nitrogens with two attached hydrogens (primary N) is 3. The molecule has 1 aliphatic heterocycles. The summed E-state index contributed by atoms with van der Waals surface area (Å²) in [6, 6.07) is 14.5. The maximum absolute atomic E-state index is 14.8. The van der Waals surface area contributed by atoms with Crippen molar-refractivity contribution in [2.45, 2.75) is 90.1 Å². The molecule has 5 unspecified atom stereocenters. The highest BCUT2D eigenvalue weighted by molar-refractivity contribution is 6.00. The number of likely N-dealkylation sites (N-methyl/N-ethyl adjacent to an activating group) is 1. The largest absolute Gasteiger partial charge is 0.492 e. The number of aliphatic hydroxyl groups is 1. The van der Waals surface area contributed by atoms with Crippen molar-refractivity contribution in [1.29, 1.82) is 5.26 Å². The molecular weight excluding hydrogens is 871 g/mol. The number of nitrogens with one attached hydrogen (secondary N) is 4. The van der Waals surface area contributed by atoms with Gasteiger partial charge < -0.3 is 57.9 Å². The normalized spacial score (nSPS) is 17.0. The van der Waals surface area contributed by atoms with E-state index in [1.54, 1.807) is 50.2 Å². The lowest BCUT2D eigenvalue weighted by molar-refractivity contribution is -0.141. The zero-order valence-corrected chi connectivity index (χ0v) is 39.6. The molecule has 0 spiro atoms. The van der Waals surface area contributed by atoms with Gasteiger partial charge in [-0.25, -0.2) is 9.97 Å². The fourth-order valence-corrected chi connectivity index (χ4v) is 7.74. The monoisotopic (exact) mass is 933 g/mol. The number of rotatable bonds is 16. The molecule has 5 atom stereocenters. The molecule has 0 radical (unpaired) electrons. The molecule has 0 fully saturated rings. The lowest BCUT2D eigenvalue weighted by Crippen LogP contribution is -2.56. The van der Waals surface area contributed by atoms with E-state index >= 15 is 0 Å². The number of amides is 5. The SMILES string of the molecule is Cc1nc(-c2ccc(C(C)(C)C)cc2)nc(C)c1C(=O)NC(CCN)C(=O)N(C)C1C(=O)NC(C)C(=O)NC(C(=O)NCC#N)Cc2ccc(OCCN)c(c2)-c2cc1ccc2OCC(O)CN. The summed E-state index contributed by atoms with van der Waals surface area (Å²) in [4.78, 5) is 81.2. The minimum absolute atomic E-state index is 0.0214. The number of benzene rings is 3. The average molecular weight is 934 g/mol. The maximum Gasteiger partial charge on any atom is 0.255 e. The number of aryl methyl sites for hydroxylation is 2. The molecule has 1 aliphatic rings. The highest BCUT2D eigenvalue weighted by Gasteiger charge is 2.36. The summed E-state index contributed by atoms with van der Waals surface area (Å²) in [7, 11) is 1.39. The van der Waals surface area contributed by atoms with Crippen molar-refractivity contribution in [2.75, 3.05) is 46.4 Å². The standard InChI is InChI=1S/C49H63N11O8/c1-27-41(28(2)56-43(55-27)31-9-12-33(13-10-31)49(4,5)6)46(64)58-37(16-17-50)48(66)60(7)42-32-11-15-40(68-26-34(61)25-53)36(24-32)35-22-30(8-14-39(35)67-21-19-52)23-38(45(63)54-20-18-51)59-44(62)29(3)57-47(42)65/h8-15,22,24,29,34,37-38,42,61H,16-17,19-21,23,25-26,50,52-53H2,1-7H3,(H,54,63)(H,57,65)(H,58,64)(H,59,62). The van der Waals surface area contributed by atoms with Gasteiger partial charge in [-0.1, -0.05) is 57.2 Å². The second-order valence-electron chi connectivity index (χ2n) is 17.7. The van der Waals surface area contributed by atoms with Crippen LogP contribution in [0.2, 0.25) is 0 Å². The van der Waals surface area contributed by atoms with E-state index in [1.165, 1.54) is 14.0 Å². The minimum atomic E-state index is -1.46. The third-order valence-electron chi connectivity index (χ3n) is 11.4. The highest BCUT2D eigenvalue weighted by Crippen LogP contribution is 2.40. The number of hydrogen-bond donors (Lipinski definition) is 8. The van der Waals surface area contributed by atoms with Gasteiger partial charge in [0, 0.05) is 43.2 Å². The van der Waals surface area contributed by atoms with Crippen LogP contribution in [-0.2, 0) is 31.0 Å². The number of fused-ring (bicyclic) bond motifs is 5. The number of nitriles is 1. The summed E-state index contributed by atoms with van der Waals surface area (Å²) in [6.07, 6.45) is -1.09. The number of aliphatic hydroxyl groups excluding tert-OH is 1. The van der Waals surface area contributed by atoms with Crippen LogP contribution >= 0.6 is 0 Å². The summed E-state index contributed by atoms with van der Waals surface area (Å²) in [5.74, 6) is -2.46. The molecule has 19 heteroatoms. The van der Waals surface area contributed by atoms with Crippen molar-refractivity contribution < 1.29 is 38.6 Å². The van der Waals surface area contributed by atoms with Gasteiger partial charge in [-0.2, -0.15) is 5.26 Å². The topological polar surface area (TPSA) is 303 Å². The van der Waals surface area contributed by atoms with Gasteiger partial charge in [0.1, 0.15) is 61.5 Å². The molecule has 11 N–H and O–H groups in total. The highest BCUT2D eigenvalue weighted by atomic mass is 16.5. The third-order valence-corrected chi connectivity index (χ3v) is 11.4. The molecule has 4 aromatic rings. The number of carbonyl (C=O) groups is 5. The van der Waals surface area contributed by atoms with Gasteiger partial charge in [-0.15, -0.1) is 0 Å². The first-order valence-corrected chi connectivity index (χ1v) is 22.4. The Morgan fingerprint density at radius 3 is 2.19 bits per heavy atom. The van der Waals surface area contributed by atoms with Gasteiger partial charge >= 0.3 is 0 Å². The van der Waals surface area contributed by atoms with Crippen molar-refractivity contribution in [1.82, 2.24) is 36.1 Å². The Hall–Kier alpha value is -6.98. The summed E-state index contributed by atoms with van der Waals surface area (Å²) >= 11 is 0. The zero-order valence-electron chi connectivity index (χ0n) is 39.6. The van der Waals surface area contributed by atoms with Crippen LogP contribution in [0, 0.1) is 25.2 Å². The first kappa shape index (κ1) is 52.0. The van der Waals surface area contributed by atoms with Crippen LogP contribution in [0.1, 0.15) is 78.6 Å². The van der Waals surface area contributed by atoms with Crippen LogP contribution in [0.25, 0.3) is 22.5 Å². The van der Waals surface area contributed by atoms with Crippen molar-refractivity contribution in [2.24, 2.45) is 17.2 Å². The van der Waals surface area contributed by atoms with Crippen molar-refractivity contribution in [3.8, 4) is 40.1 Å². The Balaban J connectivity index is 1.59. The molecule has 3 aromatic carbocycles. The molecule has 0 aliphatic carbocycles. The van der Waals surface area contributed by atoms with Crippen LogP contribution in [0.5, 0.6) is 11.5 Å². The van der Waals surface area contributed by atoms with Crippen LogP contribution in [-0.4, -0.2) is 120 Å². The summed E-state index contributed by atoms with van der Waals surface area (Å²) in [5.41, 5.74) is 22.0. The Bertz CT molecular complexity index is 2500. The first-order chi connectivity index (χ1) is 32.3. The maximum atomic E-state index is 14.8. The Kier molecular flexibility index (Phi) is 17.7. The van der Waals surface area contributed by atoms with Gasteiger partial charge in [-0.3, -0.25) is 24.0 Å². The number of aromatic nitrogens is 2. The molecule has 362 valence electrons. The van der Waals surface area contributed by atoms with Gasteiger partial charge in [-0.05, 0) is 80.1 Å². The molecule has 0 saturated carbocycles. The molecule has 5 rings (SSSR count). The lowest BCUT2D eigenvalue weighted by atomic mass is 9.86. The molecule has 5 amide bonds. The predicted molar refractivity (Wildman–Crippen MR) is 255 cm³/mol. The van der Waals surface area contributed by atoms with Gasteiger partial charge in [0.05, 0.1) is 23.0 Å². The minimum Gasteiger partial charge on any atom is -0.492 e. The Morgan fingerprint density at radius 1 is 0.926 bits per heavy atom. The molecule has 0 saturated heterocycles. The zero-order chi connectivity index (χ0) is 49.9. The second kappa shape index (κ2) is 23.2. The van der Waals surface area contributed by atoms with E-state index < -0.39 is 59.8 Å². The van der Waals surface area contributed by atoms with Crippen LogP contribution in [0.15, 0.2) is 60.7 Å². The predicted octanol–water partition coefficient (Wildman–Crippen LogP) is 1.59. The second-order valence-corrected chi connectivity index (χ2v) is 17.7. The van der Waals surface area contributed by atoms with Gasteiger partial charge in [0.15, 0.2) is 5.82 Å². The van der Waals surface area contributed by atoms with Crippen molar-refractivity contribution in [3.05, 3.63) is 94.3 Å². The number of hydrogen-bond acceptors (Lipinski definition) is 14. The molecule has 19 nitrogen and oxygen atoms in total. The molecule has 68 heavy (non-hydrogen) atoms. The molecule has 4 bridgehead atoms. The average Bonchev–Trinajstić information content (AvgIpc) is 3.30. The molecule has 2 heterocycles. The fraction of sp³-hybridized carbons (Fsp3) is 0.429. The van der Waals surface area contributed by atoms with Crippen LogP contribution in [0.4, 0.5) is 0 Å². The quantitative estimate of drug-likeness (QED) is 0.0741. The van der Waals surface area contributed by atoms with Gasteiger partial charge in [0.2, 0.25) is 23.6 Å². The Labute approximate surface area is 396 Å². The van der Waals surface area contributed by atoms with E-state index in [4.69, 9.17) is 26.7 Å². The van der Waals surface area contributed by atoms with E-state index in [-0.39, 0.29) is 74.5 Å². The van der Waals surface area contributed by atoms with Crippen molar-refractivity contribution in [3.63, 3.8) is 0 Å². The van der Waals surface area contributed by atoms with Gasteiger partial charge in [0.25, 0.3) is 5.91 Å². The van der Waals surface area contributed by atoms with E-state index in [0.29, 0.717) is 39.7 Å². The fourth-order valence-electron chi connectivity index (χ4n) is 7.74. The third kappa shape index (κ3) is 12.7. The Morgan fingerprint density at radius 2 is 1.57 bits per heavy atom. The van der Waals surface area contributed by atoms with E-state index in [0.717, 1.165) is 16.0 Å². The number of ether oxygens (including phenoxy) is 2. The van der Waals surface area contributed by atoms with E-state index in [2.05, 4.69) is 52.0 Å². The smallest absolute Gasteiger partial charge is 0.255 e.